The Kier molecular flexibility index (Phi) is 6.68. The minimum absolute atomic E-state index is 0.0208. The summed E-state index contributed by atoms with van der Waals surface area (Å²) in [5, 5.41) is 0.0208. The van der Waals surface area contributed by atoms with Crippen molar-refractivity contribution in [1.29, 1.82) is 0 Å². The van der Waals surface area contributed by atoms with E-state index in [1.165, 1.54) is 19.3 Å². The monoisotopic (exact) mass is 391 g/mol. The van der Waals surface area contributed by atoms with Crippen LogP contribution in [0, 0.1) is 5.92 Å². The highest BCUT2D eigenvalue weighted by Crippen LogP contribution is 2.42. The molecule has 1 aromatic rings. The number of rotatable bonds is 5. The number of nitrogens with zero attached hydrogens (tertiary/aromatic N) is 1. The van der Waals surface area contributed by atoms with Crippen molar-refractivity contribution >= 4 is 23.6 Å². The Morgan fingerprint density at radius 3 is 2.52 bits per heavy atom. The van der Waals surface area contributed by atoms with Gasteiger partial charge in [-0.3, -0.25) is 4.79 Å². The number of hydrogen-bond acceptors (Lipinski definition) is 5. The van der Waals surface area contributed by atoms with Gasteiger partial charge in [-0.15, -0.1) is 11.8 Å². The zero-order chi connectivity index (χ0) is 19.4. The van der Waals surface area contributed by atoms with E-state index < -0.39 is 6.04 Å². The molecule has 1 saturated heterocycles. The molecule has 0 N–H and O–H groups in total. The molecular weight excluding hydrogens is 362 g/mol. The van der Waals surface area contributed by atoms with Crippen LogP contribution in [0.15, 0.2) is 24.3 Å². The number of para-hydroxylation sites is 1. The molecule has 2 unspecified atom stereocenters. The summed E-state index contributed by atoms with van der Waals surface area (Å²) >= 11 is 1.72. The normalized spacial score (nSPS) is 23.5. The van der Waals surface area contributed by atoms with E-state index in [0.29, 0.717) is 23.0 Å². The molecule has 0 bridgehead atoms. The van der Waals surface area contributed by atoms with Crippen molar-refractivity contribution in [3.05, 3.63) is 29.8 Å². The fraction of sp³-hybridized carbons (Fsp3) is 0.619. The minimum atomic E-state index is -0.540. The molecule has 0 aromatic heterocycles. The lowest BCUT2D eigenvalue weighted by Crippen LogP contribution is -2.49. The van der Waals surface area contributed by atoms with E-state index in [0.717, 1.165) is 12.8 Å². The molecule has 1 saturated carbocycles. The fourth-order valence-corrected chi connectivity index (χ4v) is 5.64. The third-order valence-electron chi connectivity index (χ3n) is 5.28. The molecule has 1 aliphatic carbocycles. The van der Waals surface area contributed by atoms with Crippen molar-refractivity contribution in [2.24, 2.45) is 5.92 Å². The van der Waals surface area contributed by atoms with Crippen molar-refractivity contribution < 1.29 is 19.1 Å². The predicted molar refractivity (Wildman–Crippen MR) is 107 cm³/mol. The molecule has 3 rings (SSSR count). The Labute approximate surface area is 165 Å². The van der Waals surface area contributed by atoms with Crippen LogP contribution < -0.4 is 4.74 Å². The van der Waals surface area contributed by atoms with Crippen LogP contribution in [-0.2, 0) is 9.53 Å². The van der Waals surface area contributed by atoms with Crippen LogP contribution in [0.3, 0.4) is 0 Å². The van der Waals surface area contributed by atoms with Gasteiger partial charge in [0.2, 0.25) is 0 Å². The smallest absolute Gasteiger partial charge is 0.330 e. The average Bonchev–Trinajstić information content (AvgIpc) is 3.13. The molecule has 1 aliphatic heterocycles. The van der Waals surface area contributed by atoms with Crippen LogP contribution in [0.5, 0.6) is 5.75 Å². The fourth-order valence-electron chi connectivity index (χ4n) is 4.02. The maximum Gasteiger partial charge on any atom is 0.330 e. The highest BCUT2D eigenvalue weighted by atomic mass is 32.2. The van der Waals surface area contributed by atoms with E-state index in [4.69, 9.17) is 9.47 Å². The number of carbonyl (C=O) groups is 2. The standard InChI is InChI=1S/C21H29NO4S/c1-14(2)26-21(24)17-13-27-20(15-9-5-4-6-10-15)22(17)19(23)16-11-7-8-12-18(16)25-3/h7-8,11-12,14-15,17,20H,4-6,9-10,13H2,1-3H3. The summed E-state index contributed by atoms with van der Waals surface area (Å²) in [4.78, 5) is 28.0. The highest BCUT2D eigenvalue weighted by Gasteiger charge is 2.46. The summed E-state index contributed by atoms with van der Waals surface area (Å²) in [5.41, 5.74) is 0.505. The molecular formula is C21H29NO4S. The zero-order valence-electron chi connectivity index (χ0n) is 16.3. The molecule has 1 aromatic carbocycles. The summed E-state index contributed by atoms with van der Waals surface area (Å²) in [5.74, 6) is 1.11. The first-order valence-corrected chi connectivity index (χ1v) is 10.9. The lowest BCUT2D eigenvalue weighted by Gasteiger charge is -2.35. The number of benzene rings is 1. The lowest BCUT2D eigenvalue weighted by molar-refractivity contribution is -0.152. The second-order valence-electron chi connectivity index (χ2n) is 7.54. The quantitative estimate of drug-likeness (QED) is 0.707. The Balaban J connectivity index is 1.91. The van der Waals surface area contributed by atoms with E-state index in [2.05, 4.69) is 0 Å². The van der Waals surface area contributed by atoms with E-state index in [-0.39, 0.29) is 23.4 Å². The number of amides is 1. The third kappa shape index (κ3) is 4.42. The summed E-state index contributed by atoms with van der Waals surface area (Å²) in [6.07, 6.45) is 5.67. The Morgan fingerprint density at radius 2 is 1.85 bits per heavy atom. The number of hydrogen-bond donors (Lipinski definition) is 0. The number of methoxy groups -OCH3 is 1. The van der Waals surface area contributed by atoms with Gasteiger partial charge in [-0.05, 0) is 44.7 Å². The number of esters is 1. The van der Waals surface area contributed by atoms with E-state index >= 15 is 0 Å². The SMILES string of the molecule is COc1ccccc1C(=O)N1C(C(=O)OC(C)C)CSC1C1CCCCC1. The van der Waals surface area contributed by atoms with Crippen LogP contribution in [0.2, 0.25) is 0 Å². The zero-order valence-corrected chi connectivity index (χ0v) is 17.2. The molecule has 1 amide bonds. The molecule has 2 atom stereocenters. The van der Waals surface area contributed by atoms with Gasteiger partial charge in [0, 0.05) is 5.75 Å². The summed E-state index contributed by atoms with van der Waals surface area (Å²) in [6.45, 7) is 3.68. The van der Waals surface area contributed by atoms with Gasteiger partial charge in [-0.2, -0.15) is 0 Å². The van der Waals surface area contributed by atoms with Gasteiger partial charge in [0.05, 0.1) is 24.2 Å². The van der Waals surface area contributed by atoms with Crippen LogP contribution in [0.1, 0.15) is 56.3 Å². The molecule has 0 spiro atoms. The molecule has 148 valence electrons. The molecule has 0 radical (unpaired) electrons. The molecule has 2 aliphatic rings. The van der Waals surface area contributed by atoms with Crippen LogP contribution in [0.25, 0.3) is 0 Å². The van der Waals surface area contributed by atoms with Crippen molar-refractivity contribution in [2.75, 3.05) is 12.9 Å². The molecule has 2 fully saturated rings. The Bertz CT molecular complexity index is 672. The first kappa shape index (κ1) is 20.1. The van der Waals surface area contributed by atoms with Gasteiger partial charge in [0.15, 0.2) is 0 Å². The Hall–Kier alpha value is -1.69. The number of thioether (sulfide) groups is 1. The van der Waals surface area contributed by atoms with Crippen molar-refractivity contribution in [1.82, 2.24) is 4.90 Å². The molecule has 27 heavy (non-hydrogen) atoms. The largest absolute Gasteiger partial charge is 0.496 e. The number of ether oxygens (including phenoxy) is 2. The van der Waals surface area contributed by atoms with Crippen LogP contribution in [0.4, 0.5) is 0 Å². The van der Waals surface area contributed by atoms with Gasteiger partial charge < -0.3 is 14.4 Å². The predicted octanol–water partition coefficient (Wildman–Crippen LogP) is 4.11. The molecule has 1 heterocycles. The van der Waals surface area contributed by atoms with Gasteiger partial charge in [-0.25, -0.2) is 4.79 Å². The summed E-state index contributed by atoms with van der Waals surface area (Å²) < 4.78 is 10.9. The van der Waals surface area contributed by atoms with Crippen molar-refractivity contribution in [3.63, 3.8) is 0 Å². The van der Waals surface area contributed by atoms with Crippen molar-refractivity contribution in [2.45, 2.75) is 63.5 Å². The van der Waals surface area contributed by atoms with Crippen LogP contribution in [-0.4, -0.2) is 47.2 Å². The minimum Gasteiger partial charge on any atom is -0.496 e. The van der Waals surface area contributed by atoms with Gasteiger partial charge >= 0.3 is 5.97 Å². The maximum atomic E-state index is 13.5. The maximum absolute atomic E-state index is 13.5. The van der Waals surface area contributed by atoms with Gasteiger partial charge in [-0.1, -0.05) is 31.4 Å². The van der Waals surface area contributed by atoms with Crippen LogP contribution >= 0.6 is 11.8 Å². The number of carbonyl (C=O) groups excluding carboxylic acids is 2. The second-order valence-corrected chi connectivity index (χ2v) is 8.69. The summed E-state index contributed by atoms with van der Waals surface area (Å²) in [6, 6.07) is 6.69. The third-order valence-corrected chi connectivity index (χ3v) is 6.75. The first-order chi connectivity index (χ1) is 13.0. The van der Waals surface area contributed by atoms with Gasteiger partial charge in [0.1, 0.15) is 11.8 Å². The topological polar surface area (TPSA) is 55.8 Å². The molecule has 5 nitrogen and oxygen atoms in total. The highest BCUT2D eigenvalue weighted by molar-refractivity contribution is 8.00. The second kappa shape index (κ2) is 9.00. The van der Waals surface area contributed by atoms with Gasteiger partial charge in [0.25, 0.3) is 5.91 Å². The van der Waals surface area contributed by atoms with E-state index in [1.807, 2.05) is 26.0 Å². The molecule has 6 heteroatoms. The first-order valence-electron chi connectivity index (χ1n) is 9.80. The van der Waals surface area contributed by atoms with E-state index in [1.54, 1.807) is 35.9 Å². The Morgan fingerprint density at radius 1 is 1.15 bits per heavy atom. The average molecular weight is 392 g/mol. The summed E-state index contributed by atoms with van der Waals surface area (Å²) in [7, 11) is 1.56. The van der Waals surface area contributed by atoms with E-state index in [9.17, 15) is 9.59 Å². The lowest BCUT2D eigenvalue weighted by atomic mass is 9.88. The van der Waals surface area contributed by atoms with Crippen molar-refractivity contribution in [3.8, 4) is 5.75 Å².